The summed E-state index contributed by atoms with van der Waals surface area (Å²) < 4.78 is 5.06. The van der Waals surface area contributed by atoms with Gasteiger partial charge in [0.15, 0.2) is 11.8 Å². The Hall–Kier alpha value is -1.16. The van der Waals surface area contributed by atoms with Crippen molar-refractivity contribution in [2.75, 3.05) is 13.6 Å². The maximum absolute atomic E-state index is 5.06. The molecule has 0 spiro atoms. The van der Waals surface area contributed by atoms with Crippen LogP contribution in [0.3, 0.4) is 0 Å². The molecule has 0 saturated heterocycles. The molecule has 2 rings (SSSR count). The minimum Gasteiger partial charge on any atom is -0.356 e. The molecule has 0 saturated carbocycles. The molecule has 2 N–H and O–H groups in total. The van der Waals surface area contributed by atoms with Crippen molar-refractivity contribution in [2.45, 2.75) is 33.2 Å². The molecule has 0 fully saturated rings. The van der Waals surface area contributed by atoms with Crippen molar-refractivity contribution in [1.82, 2.24) is 20.8 Å². The predicted molar refractivity (Wildman–Crippen MR) is 100 cm³/mol. The molecule has 0 radical (unpaired) electrons. The van der Waals surface area contributed by atoms with E-state index in [1.165, 1.54) is 9.75 Å². The van der Waals surface area contributed by atoms with E-state index in [1.54, 1.807) is 7.05 Å². The van der Waals surface area contributed by atoms with Crippen LogP contribution >= 0.6 is 35.3 Å². The van der Waals surface area contributed by atoms with Gasteiger partial charge in [0.25, 0.3) is 0 Å². The van der Waals surface area contributed by atoms with E-state index in [1.807, 2.05) is 18.3 Å². The van der Waals surface area contributed by atoms with Crippen LogP contribution in [0.15, 0.2) is 21.6 Å². The van der Waals surface area contributed by atoms with Crippen molar-refractivity contribution in [1.29, 1.82) is 0 Å². The maximum atomic E-state index is 5.06. The molecule has 0 amide bonds. The van der Waals surface area contributed by atoms with E-state index in [0.717, 1.165) is 18.9 Å². The van der Waals surface area contributed by atoms with Gasteiger partial charge in [0, 0.05) is 29.8 Å². The Morgan fingerprint density at radius 3 is 2.68 bits per heavy atom. The number of aromatic nitrogens is 2. The van der Waals surface area contributed by atoms with E-state index < -0.39 is 0 Å². The molecule has 0 aliphatic carbocycles. The molecule has 0 aliphatic heterocycles. The zero-order valence-electron chi connectivity index (χ0n) is 13.0. The monoisotopic (exact) mass is 435 g/mol. The minimum absolute atomic E-state index is 0. The van der Waals surface area contributed by atoms with Crippen LogP contribution in [0.1, 0.15) is 28.4 Å². The van der Waals surface area contributed by atoms with E-state index in [0.29, 0.717) is 24.7 Å². The molecule has 22 heavy (non-hydrogen) atoms. The lowest BCUT2D eigenvalue weighted by atomic mass is 10.3. The van der Waals surface area contributed by atoms with Crippen LogP contribution in [0.5, 0.6) is 0 Å². The SMILES string of the molecule is CCc1ccc(CNC(=NC)NCCc2nc(C)no2)s1.I. The molecule has 0 unspecified atom stereocenters. The van der Waals surface area contributed by atoms with Crippen LogP contribution in [0.2, 0.25) is 0 Å². The summed E-state index contributed by atoms with van der Waals surface area (Å²) in [6.07, 6.45) is 1.77. The van der Waals surface area contributed by atoms with E-state index in [-0.39, 0.29) is 24.0 Å². The van der Waals surface area contributed by atoms with E-state index >= 15 is 0 Å². The molecule has 2 aromatic heterocycles. The topological polar surface area (TPSA) is 75.3 Å². The van der Waals surface area contributed by atoms with Crippen molar-refractivity contribution in [2.24, 2.45) is 4.99 Å². The molecule has 0 aliphatic rings. The summed E-state index contributed by atoms with van der Waals surface area (Å²) in [6.45, 7) is 5.46. The molecule has 8 heteroatoms. The molecule has 0 aromatic carbocycles. The zero-order chi connectivity index (χ0) is 15.1. The number of halogens is 1. The van der Waals surface area contributed by atoms with Gasteiger partial charge in [-0.2, -0.15) is 4.98 Å². The van der Waals surface area contributed by atoms with Crippen molar-refractivity contribution in [3.8, 4) is 0 Å². The molecule has 6 nitrogen and oxygen atoms in total. The van der Waals surface area contributed by atoms with Gasteiger partial charge in [-0.05, 0) is 25.5 Å². The van der Waals surface area contributed by atoms with Gasteiger partial charge >= 0.3 is 0 Å². The summed E-state index contributed by atoms with van der Waals surface area (Å²) in [5.41, 5.74) is 0. The number of hydrogen-bond acceptors (Lipinski definition) is 5. The molecule has 122 valence electrons. The van der Waals surface area contributed by atoms with Gasteiger partial charge in [-0.25, -0.2) is 0 Å². The third kappa shape index (κ3) is 5.91. The quantitative estimate of drug-likeness (QED) is 0.415. The zero-order valence-corrected chi connectivity index (χ0v) is 16.2. The second-order valence-electron chi connectivity index (χ2n) is 4.56. The largest absolute Gasteiger partial charge is 0.356 e. The van der Waals surface area contributed by atoms with Gasteiger partial charge in [0.1, 0.15) is 0 Å². The summed E-state index contributed by atoms with van der Waals surface area (Å²) in [5.74, 6) is 2.08. The highest BCUT2D eigenvalue weighted by molar-refractivity contribution is 14.0. The first-order valence-electron chi connectivity index (χ1n) is 7.02. The number of hydrogen-bond donors (Lipinski definition) is 2. The summed E-state index contributed by atoms with van der Waals surface area (Å²) in [4.78, 5) is 11.1. The summed E-state index contributed by atoms with van der Waals surface area (Å²) in [6, 6.07) is 4.33. The molecular formula is C14H22IN5OS. The first-order valence-corrected chi connectivity index (χ1v) is 7.84. The molecule has 0 bridgehead atoms. The first kappa shape index (κ1) is 18.9. The Morgan fingerprint density at radius 2 is 2.09 bits per heavy atom. The fourth-order valence-electron chi connectivity index (χ4n) is 1.83. The van der Waals surface area contributed by atoms with Crippen LogP contribution < -0.4 is 10.6 Å². The minimum atomic E-state index is 0. The number of nitrogens with one attached hydrogen (secondary N) is 2. The average Bonchev–Trinajstić information content (AvgIpc) is 3.11. The Bertz CT molecular complexity index is 596. The Balaban J connectivity index is 0.00000242. The highest BCUT2D eigenvalue weighted by Crippen LogP contribution is 2.16. The van der Waals surface area contributed by atoms with Gasteiger partial charge in [0.05, 0.1) is 6.54 Å². The van der Waals surface area contributed by atoms with E-state index in [4.69, 9.17) is 4.52 Å². The second kappa shape index (κ2) is 9.78. The van der Waals surface area contributed by atoms with Crippen LogP contribution in [0.4, 0.5) is 0 Å². The van der Waals surface area contributed by atoms with Crippen LogP contribution in [0, 0.1) is 6.92 Å². The van der Waals surface area contributed by atoms with Crippen molar-refractivity contribution in [3.63, 3.8) is 0 Å². The smallest absolute Gasteiger partial charge is 0.228 e. The summed E-state index contributed by atoms with van der Waals surface area (Å²) in [7, 11) is 1.76. The third-order valence-corrected chi connectivity index (χ3v) is 4.15. The Labute approximate surface area is 151 Å². The average molecular weight is 435 g/mol. The number of guanidine groups is 1. The predicted octanol–water partition coefficient (Wildman–Crippen LogP) is 2.53. The highest BCUT2D eigenvalue weighted by atomic mass is 127. The van der Waals surface area contributed by atoms with Gasteiger partial charge in [-0.3, -0.25) is 4.99 Å². The summed E-state index contributed by atoms with van der Waals surface area (Å²) in [5, 5.41) is 10.3. The normalized spacial score (nSPS) is 11.1. The van der Waals surface area contributed by atoms with E-state index in [9.17, 15) is 0 Å². The Kier molecular flexibility index (Phi) is 8.39. The molecule has 0 atom stereocenters. The van der Waals surface area contributed by atoms with Gasteiger partial charge in [-0.15, -0.1) is 35.3 Å². The molecule has 2 aromatic rings. The Morgan fingerprint density at radius 1 is 1.32 bits per heavy atom. The van der Waals surface area contributed by atoms with Crippen molar-refractivity contribution in [3.05, 3.63) is 33.6 Å². The number of thiophene rings is 1. The fraction of sp³-hybridized carbons (Fsp3) is 0.500. The fourth-order valence-corrected chi connectivity index (χ4v) is 2.73. The molecular weight excluding hydrogens is 413 g/mol. The molecule has 2 heterocycles. The van der Waals surface area contributed by atoms with Crippen molar-refractivity contribution < 1.29 is 4.52 Å². The number of aliphatic imine (C=N–C) groups is 1. The lowest BCUT2D eigenvalue weighted by Crippen LogP contribution is -2.37. The number of rotatable bonds is 6. The van der Waals surface area contributed by atoms with E-state index in [2.05, 4.69) is 44.8 Å². The lowest BCUT2D eigenvalue weighted by Gasteiger charge is -2.10. The summed E-state index contributed by atoms with van der Waals surface area (Å²) >= 11 is 1.83. The second-order valence-corrected chi connectivity index (χ2v) is 5.81. The van der Waals surface area contributed by atoms with Crippen LogP contribution in [-0.2, 0) is 19.4 Å². The highest BCUT2D eigenvalue weighted by Gasteiger charge is 2.04. The van der Waals surface area contributed by atoms with Crippen LogP contribution in [0.25, 0.3) is 0 Å². The van der Waals surface area contributed by atoms with Crippen molar-refractivity contribution >= 4 is 41.3 Å². The van der Waals surface area contributed by atoms with Crippen LogP contribution in [-0.4, -0.2) is 29.7 Å². The first-order chi connectivity index (χ1) is 10.2. The van der Waals surface area contributed by atoms with Gasteiger partial charge < -0.3 is 15.2 Å². The van der Waals surface area contributed by atoms with Gasteiger partial charge in [0.2, 0.25) is 5.89 Å². The van der Waals surface area contributed by atoms with Gasteiger partial charge in [-0.1, -0.05) is 12.1 Å². The standard InChI is InChI=1S/C14H21N5OS.HI/c1-4-11-5-6-12(21-11)9-17-14(15-3)16-8-7-13-18-10(2)19-20-13;/h5-6H,4,7-9H2,1-3H3,(H2,15,16,17);1H. The third-order valence-electron chi connectivity index (χ3n) is 2.92. The maximum Gasteiger partial charge on any atom is 0.228 e. The lowest BCUT2D eigenvalue weighted by molar-refractivity contribution is 0.374. The number of nitrogens with zero attached hydrogens (tertiary/aromatic N) is 3. The number of aryl methyl sites for hydroxylation is 2.